The maximum Gasteiger partial charge on any atom is 0.434 e. The molecule has 14 heteroatoms. The summed E-state index contributed by atoms with van der Waals surface area (Å²) in [6, 6.07) is 10.2. The summed E-state index contributed by atoms with van der Waals surface area (Å²) in [4.78, 5) is 16.5. The second-order valence-electron chi connectivity index (χ2n) is 8.95. The van der Waals surface area contributed by atoms with Crippen LogP contribution in [-0.2, 0) is 18.0 Å². The molecule has 4 aromatic rings. The minimum absolute atomic E-state index is 0.207. The number of hydrogen-bond acceptors (Lipinski definition) is 7. The van der Waals surface area contributed by atoms with Crippen molar-refractivity contribution in [1.29, 1.82) is 0 Å². The Bertz CT molecular complexity index is 1460. The molecule has 3 atom stereocenters. The van der Waals surface area contributed by atoms with Gasteiger partial charge in [-0.3, -0.25) is 5.10 Å². The van der Waals surface area contributed by atoms with Gasteiger partial charge in [-0.1, -0.05) is 34.7 Å². The molecule has 0 spiro atoms. The average molecular weight is 644 g/mol. The van der Waals surface area contributed by atoms with Gasteiger partial charge >= 0.3 is 11.9 Å². The molecule has 3 heterocycles. The maximum atomic E-state index is 14.6. The molecule has 1 saturated carbocycles. The Balaban J connectivity index is 1.39. The predicted octanol–water partition coefficient (Wildman–Crippen LogP) is 5.30. The third kappa shape index (κ3) is 5.39. The van der Waals surface area contributed by atoms with Crippen LogP contribution in [0.1, 0.15) is 36.4 Å². The van der Waals surface area contributed by atoms with Crippen molar-refractivity contribution in [3.8, 4) is 5.75 Å². The van der Waals surface area contributed by atoms with Crippen molar-refractivity contribution < 1.29 is 26.7 Å². The summed E-state index contributed by atoms with van der Waals surface area (Å²) in [6.07, 6.45) is -2.26. The molecule has 3 aromatic heterocycles. The Morgan fingerprint density at radius 2 is 1.97 bits per heavy atom. The fourth-order valence-corrected chi connectivity index (χ4v) is 6.01. The number of benzene rings is 1. The first-order valence-electron chi connectivity index (χ1n) is 11.6. The van der Waals surface area contributed by atoms with Crippen LogP contribution in [0.25, 0.3) is 0 Å². The lowest BCUT2D eigenvalue weighted by atomic mass is 9.70. The smallest absolute Gasteiger partial charge is 0.434 e. The molecular formula is C24H21F4IN6O3. The molecule has 5 rings (SSSR count). The summed E-state index contributed by atoms with van der Waals surface area (Å²) in [7, 11) is 0. The van der Waals surface area contributed by atoms with Crippen LogP contribution in [0.2, 0.25) is 0 Å². The number of aromatic amines is 2. The lowest BCUT2D eigenvalue weighted by Gasteiger charge is -2.41. The van der Waals surface area contributed by atoms with E-state index >= 15 is 0 Å². The second kappa shape index (κ2) is 10.4. The quantitative estimate of drug-likeness (QED) is 0.142. The number of pyridine rings is 1. The fourth-order valence-electron chi connectivity index (χ4n) is 4.65. The molecule has 9 nitrogen and oxygen atoms in total. The van der Waals surface area contributed by atoms with E-state index in [0.717, 1.165) is 6.07 Å². The van der Waals surface area contributed by atoms with Gasteiger partial charge in [0, 0.05) is 28.3 Å². The lowest BCUT2D eigenvalue weighted by Crippen LogP contribution is -2.46. The Morgan fingerprint density at radius 3 is 2.66 bits per heavy atom. The molecule has 0 radical (unpaired) electrons. The first-order chi connectivity index (χ1) is 18.1. The van der Waals surface area contributed by atoms with Gasteiger partial charge in [-0.25, -0.2) is 19.3 Å². The zero-order chi connectivity index (χ0) is 26.9. The Hall–Kier alpha value is -3.43. The zero-order valence-electron chi connectivity index (χ0n) is 19.6. The van der Waals surface area contributed by atoms with Gasteiger partial charge in [-0.05, 0) is 43.5 Å². The van der Waals surface area contributed by atoms with Crippen molar-refractivity contribution in [2.75, 3.05) is 5.32 Å². The molecule has 0 bridgehead atoms. The van der Waals surface area contributed by atoms with Gasteiger partial charge in [-0.15, -0.1) is 5.10 Å². The van der Waals surface area contributed by atoms with Crippen LogP contribution < -0.4 is 15.8 Å². The fraction of sp³-hybridized carbons (Fsp3) is 0.333. The third-order valence-electron chi connectivity index (χ3n) is 6.47. The molecule has 38 heavy (non-hydrogen) atoms. The summed E-state index contributed by atoms with van der Waals surface area (Å²) in [6.45, 7) is 0. The van der Waals surface area contributed by atoms with Gasteiger partial charge in [0.25, 0.3) is 0 Å². The van der Waals surface area contributed by atoms with E-state index in [2.05, 4.69) is 53.3 Å². The zero-order valence-corrected chi connectivity index (χ0v) is 21.7. The topological polar surface area (TPSA) is 122 Å². The number of alkyl halides is 4. The number of hydrogen-bond donors (Lipinski definition) is 3. The van der Waals surface area contributed by atoms with Gasteiger partial charge in [0.15, 0.2) is 17.4 Å². The predicted molar refractivity (Wildman–Crippen MR) is 136 cm³/mol. The highest BCUT2D eigenvalue weighted by Gasteiger charge is 2.49. The summed E-state index contributed by atoms with van der Waals surface area (Å²) in [5.41, 5.74) is -1.45. The van der Waals surface area contributed by atoms with E-state index in [1.165, 1.54) is 6.07 Å². The van der Waals surface area contributed by atoms with E-state index in [4.69, 9.17) is 9.15 Å². The number of halogens is 5. The van der Waals surface area contributed by atoms with Crippen LogP contribution >= 0.6 is 22.6 Å². The average Bonchev–Trinajstić information content (AvgIpc) is 3.54. The SMILES string of the molecule is O=c1[nH]nc(C2(Cc3cccc(Nc4cc[nH]n4)n3)CCC(Oc3cccc(C(F)(F)F)c3F)CC2I)o1. The van der Waals surface area contributed by atoms with Crippen LogP contribution in [0.5, 0.6) is 5.75 Å². The summed E-state index contributed by atoms with van der Waals surface area (Å²) >= 11 is 2.20. The number of nitrogens with one attached hydrogen (secondary N) is 3. The highest BCUT2D eigenvalue weighted by atomic mass is 127. The third-order valence-corrected chi connectivity index (χ3v) is 8.17. The number of H-pyrrole nitrogens is 2. The standard InChI is InChI=1S/C24H21F4IN6O3/c25-20-15(24(26,27)28)4-2-5-16(20)37-14-7-9-23(17(29)11-14,21-34-35-22(36)38-21)12-13-3-1-6-18(31-13)32-19-8-10-30-33-19/h1-6,8,10,14,17H,7,9,11-12H2,(H,35,36)(H2,30,31,32,33). The van der Waals surface area contributed by atoms with Crippen molar-refractivity contribution in [3.63, 3.8) is 0 Å². The monoisotopic (exact) mass is 644 g/mol. The van der Waals surface area contributed by atoms with Crippen molar-refractivity contribution in [3.05, 3.63) is 82.2 Å². The van der Waals surface area contributed by atoms with Crippen LogP contribution in [0.4, 0.5) is 29.2 Å². The van der Waals surface area contributed by atoms with Gasteiger partial charge in [0.2, 0.25) is 5.89 Å². The summed E-state index contributed by atoms with van der Waals surface area (Å²) < 4.78 is 64.9. The van der Waals surface area contributed by atoms with E-state index in [1.807, 2.05) is 12.1 Å². The first-order valence-corrected chi connectivity index (χ1v) is 12.8. The summed E-state index contributed by atoms with van der Waals surface area (Å²) in [5, 5.41) is 16.3. The number of nitrogens with zero attached hydrogens (tertiary/aromatic N) is 3. The first kappa shape index (κ1) is 26.2. The molecule has 1 aromatic carbocycles. The highest BCUT2D eigenvalue weighted by molar-refractivity contribution is 14.1. The molecule has 200 valence electrons. The van der Waals surface area contributed by atoms with E-state index < -0.39 is 40.6 Å². The molecule has 0 amide bonds. The van der Waals surface area contributed by atoms with Gasteiger partial charge in [0.1, 0.15) is 5.82 Å². The van der Waals surface area contributed by atoms with Crippen LogP contribution in [0.3, 0.4) is 0 Å². The van der Waals surface area contributed by atoms with Gasteiger partial charge < -0.3 is 14.5 Å². The number of anilines is 2. The molecule has 1 aliphatic carbocycles. The Morgan fingerprint density at radius 1 is 1.16 bits per heavy atom. The lowest BCUT2D eigenvalue weighted by molar-refractivity contribution is -0.140. The summed E-state index contributed by atoms with van der Waals surface area (Å²) in [5.74, 6) is -1.23. The van der Waals surface area contributed by atoms with Crippen LogP contribution in [0, 0.1) is 5.82 Å². The molecular weight excluding hydrogens is 623 g/mol. The van der Waals surface area contributed by atoms with Crippen molar-refractivity contribution in [1.82, 2.24) is 25.4 Å². The van der Waals surface area contributed by atoms with Crippen molar-refractivity contribution in [2.45, 2.75) is 47.3 Å². The molecule has 1 fully saturated rings. The number of aromatic nitrogens is 5. The largest absolute Gasteiger partial charge is 0.487 e. The van der Waals surface area contributed by atoms with E-state index in [1.54, 1.807) is 18.3 Å². The van der Waals surface area contributed by atoms with Crippen molar-refractivity contribution in [2.24, 2.45) is 0 Å². The molecule has 3 N–H and O–H groups in total. The molecule has 0 saturated heterocycles. The van der Waals surface area contributed by atoms with E-state index in [9.17, 15) is 22.4 Å². The van der Waals surface area contributed by atoms with E-state index in [-0.39, 0.29) is 9.82 Å². The van der Waals surface area contributed by atoms with Gasteiger partial charge in [-0.2, -0.15) is 18.3 Å². The number of rotatable bonds is 7. The van der Waals surface area contributed by atoms with Crippen LogP contribution in [0.15, 0.2) is 57.9 Å². The highest BCUT2D eigenvalue weighted by Crippen LogP contribution is 2.46. The Labute approximate surface area is 226 Å². The van der Waals surface area contributed by atoms with E-state index in [0.29, 0.717) is 49.1 Å². The van der Waals surface area contributed by atoms with Crippen LogP contribution in [-0.4, -0.2) is 35.4 Å². The molecule has 1 aliphatic rings. The Kier molecular flexibility index (Phi) is 7.15. The minimum Gasteiger partial charge on any atom is -0.487 e. The number of ether oxygens (including phenoxy) is 1. The van der Waals surface area contributed by atoms with Crippen molar-refractivity contribution >= 4 is 34.2 Å². The molecule has 3 unspecified atom stereocenters. The maximum absolute atomic E-state index is 14.6. The van der Waals surface area contributed by atoms with Gasteiger partial charge in [0.05, 0.1) is 17.1 Å². The minimum atomic E-state index is -4.83. The normalized spacial score (nSPS) is 21.8. The molecule has 0 aliphatic heterocycles. The second-order valence-corrected chi connectivity index (χ2v) is 10.5.